The van der Waals surface area contributed by atoms with Gasteiger partial charge in [0.25, 0.3) is 0 Å². The highest BCUT2D eigenvalue weighted by molar-refractivity contribution is 5.95. The average molecular weight is 296 g/mol. The van der Waals surface area contributed by atoms with Crippen molar-refractivity contribution in [3.05, 3.63) is 12.1 Å². The summed E-state index contributed by atoms with van der Waals surface area (Å²) in [6.45, 7) is 3.62. The van der Waals surface area contributed by atoms with Crippen molar-refractivity contribution in [3.63, 3.8) is 0 Å². The molecule has 1 rings (SSSR count). The number of amides is 1. The maximum absolute atomic E-state index is 12.4. The van der Waals surface area contributed by atoms with Crippen LogP contribution in [0.25, 0.3) is 0 Å². The zero-order chi connectivity index (χ0) is 16.2. The van der Waals surface area contributed by atoms with E-state index in [-0.39, 0.29) is 17.9 Å². The van der Waals surface area contributed by atoms with Gasteiger partial charge in [0.2, 0.25) is 11.7 Å². The molecule has 0 radical (unpaired) electrons. The van der Waals surface area contributed by atoms with Gasteiger partial charge >= 0.3 is 0 Å². The van der Waals surface area contributed by atoms with Gasteiger partial charge in [-0.2, -0.15) is 0 Å². The maximum atomic E-state index is 12.4. The number of ether oxygens (including phenoxy) is 3. The quantitative estimate of drug-likeness (QED) is 0.864. The monoisotopic (exact) mass is 296 g/mol. The lowest BCUT2D eigenvalue weighted by Crippen LogP contribution is -2.39. The minimum Gasteiger partial charge on any atom is -0.493 e. The highest BCUT2D eigenvalue weighted by Gasteiger charge is 2.24. The Kier molecular flexibility index (Phi) is 5.84. The maximum Gasteiger partial charge on any atom is 0.231 e. The Labute approximate surface area is 125 Å². The number of hydrogen-bond acceptors (Lipinski definition) is 5. The van der Waals surface area contributed by atoms with E-state index in [1.807, 2.05) is 13.8 Å². The molecule has 0 aliphatic heterocycles. The normalized spacial score (nSPS) is 13.3. The van der Waals surface area contributed by atoms with Crippen LogP contribution in [0.15, 0.2) is 12.1 Å². The number of carbonyl (C=O) groups excluding carboxylic acids is 1. The Morgan fingerprint density at radius 2 is 1.57 bits per heavy atom. The Hall–Kier alpha value is -1.95. The van der Waals surface area contributed by atoms with Crippen LogP contribution < -0.4 is 24.8 Å². The third-order valence-electron chi connectivity index (χ3n) is 3.55. The number of hydrogen-bond donors (Lipinski definition) is 1. The first kappa shape index (κ1) is 17.1. The zero-order valence-electron chi connectivity index (χ0n) is 13.5. The molecule has 21 heavy (non-hydrogen) atoms. The van der Waals surface area contributed by atoms with Crippen LogP contribution in [0.4, 0.5) is 5.69 Å². The molecule has 118 valence electrons. The number of anilines is 1. The molecule has 2 N–H and O–H groups in total. The van der Waals surface area contributed by atoms with Crippen molar-refractivity contribution < 1.29 is 19.0 Å². The lowest BCUT2D eigenvalue weighted by atomic mass is 10.0. The molecule has 1 aromatic carbocycles. The molecule has 6 nitrogen and oxygen atoms in total. The predicted molar refractivity (Wildman–Crippen MR) is 82.3 cm³/mol. The number of carbonyl (C=O) groups is 1. The van der Waals surface area contributed by atoms with Gasteiger partial charge in [0.1, 0.15) is 0 Å². The van der Waals surface area contributed by atoms with Gasteiger partial charge < -0.3 is 24.8 Å². The largest absolute Gasteiger partial charge is 0.493 e. The van der Waals surface area contributed by atoms with Crippen LogP contribution >= 0.6 is 0 Å². The van der Waals surface area contributed by atoms with Crippen LogP contribution in [-0.4, -0.2) is 40.3 Å². The molecule has 2 unspecified atom stereocenters. The van der Waals surface area contributed by atoms with Crippen LogP contribution in [-0.2, 0) is 4.79 Å². The van der Waals surface area contributed by atoms with Gasteiger partial charge in [-0.3, -0.25) is 4.79 Å². The van der Waals surface area contributed by atoms with Crippen LogP contribution in [0.2, 0.25) is 0 Å². The van der Waals surface area contributed by atoms with Gasteiger partial charge in [-0.05, 0) is 6.92 Å². The van der Waals surface area contributed by atoms with Gasteiger partial charge in [-0.1, -0.05) is 6.92 Å². The van der Waals surface area contributed by atoms with E-state index in [1.54, 1.807) is 24.1 Å². The number of benzene rings is 1. The summed E-state index contributed by atoms with van der Waals surface area (Å²) in [4.78, 5) is 13.9. The average Bonchev–Trinajstić information content (AvgIpc) is 2.50. The van der Waals surface area contributed by atoms with Crippen LogP contribution in [0, 0.1) is 5.92 Å². The van der Waals surface area contributed by atoms with Gasteiger partial charge in [0.15, 0.2) is 11.5 Å². The van der Waals surface area contributed by atoms with Crippen molar-refractivity contribution >= 4 is 11.6 Å². The Morgan fingerprint density at radius 1 is 1.10 bits per heavy atom. The van der Waals surface area contributed by atoms with Crippen LogP contribution in [0.3, 0.4) is 0 Å². The molecule has 2 atom stereocenters. The van der Waals surface area contributed by atoms with Crippen molar-refractivity contribution in [2.45, 2.75) is 19.9 Å². The molecule has 1 aromatic rings. The zero-order valence-corrected chi connectivity index (χ0v) is 13.5. The SMILES string of the molecule is COc1cc(N(C)C(=O)C(C)C(C)N)cc(OC)c1OC. The number of methoxy groups -OCH3 is 3. The van der Waals surface area contributed by atoms with Crippen LogP contribution in [0.5, 0.6) is 17.2 Å². The number of nitrogens with two attached hydrogens (primary N) is 1. The van der Waals surface area contributed by atoms with Crippen molar-refractivity contribution in [2.24, 2.45) is 11.7 Å². The summed E-state index contributed by atoms with van der Waals surface area (Å²) in [5.41, 5.74) is 6.45. The van der Waals surface area contributed by atoms with E-state index in [9.17, 15) is 4.79 Å². The molecule has 0 saturated carbocycles. The van der Waals surface area contributed by atoms with E-state index in [1.165, 1.54) is 21.3 Å². The first-order valence-corrected chi connectivity index (χ1v) is 6.70. The second-order valence-corrected chi connectivity index (χ2v) is 4.93. The summed E-state index contributed by atoms with van der Waals surface area (Å²) < 4.78 is 15.8. The predicted octanol–water partition coefficient (Wildman–Crippen LogP) is 1.66. The summed E-state index contributed by atoms with van der Waals surface area (Å²) in [6.07, 6.45) is 0. The highest BCUT2D eigenvalue weighted by Crippen LogP contribution is 2.41. The topological polar surface area (TPSA) is 74.0 Å². The number of rotatable bonds is 6. The van der Waals surface area contributed by atoms with Gasteiger partial charge in [0.05, 0.1) is 32.9 Å². The lowest BCUT2D eigenvalue weighted by Gasteiger charge is -2.25. The molecular weight excluding hydrogens is 272 g/mol. The molecule has 0 bridgehead atoms. The van der Waals surface area contributed by atoms with E-state index in [0.29, 0.717) is 22.9 Å². The Morgan fingerprint density at radius 3 is 1.90 bits per heavy atom. The van der Waals surface area contributed by atoms with Crippen molar-refractivity contribution in [1.82, 2.24) is 0 Å². The van der Waals surface area contributed by atoms with Crippen molar-refractivity contribution in [3.8, 4) is 17.2 Å². The lowest BCUT2D eigenvalue weighted by molar-refractivity contribution is -0.122. The van der Waals surface area contributed by atoms with Crippen LogP contribution in [0.1, 0.15) is 13.8 Å². The molecule has 0 heterocycles. The fraction of sp³-hybridized carbons (Fsp3) is 0.533. The Bertz CT molecular complexity index is 477. The third-order valence-corrected chi connectivity index (χ3v) is 3.55. The first-order chi connectivity index (χ1) is 9.87. The van der Waals surface area contributed by atoms with Crippen molar-refractivity contribution in [1.29, 1.82) is 0 Å². The summed E-state index contributed by atoms with van der Waals surface area (Å²) >= 11 is 0. The molecule has 0 fully saturated rings. The molecule has 0 saturated heterocycles. The van der Waals surface area contributed by atoms with E-state index < -0.39 is 0 Å². The van der Waals surface area contributed by atoms with E-state index >= 15 is 0 Å². The summed E-state index contributed by atoms with van der Waals surface area (Å²) in [6, 6.07) is 3.24. The Balaban J connectivity index is 3.21. The second-order valence-electron chi connectivity index (χ2n) is 4.93. The molecule has 0 spiro atoms. The molecule has 1 amide bonds. The molecular formula is C15H24N2O4. The summed E-state index contributed by atoms with van der Waals surface area (Å²) in [5, 5.41) is 0. The second kappa shape index (κ2) is 7.17. The van der Waals surface area contributed by atoms with Gasteiger partial charge in [-0.25, -0.2) is 0 Å². The standard InChI is InChI=1S/C15H24N2O4/c1-9(10(2)16)15(18)17(3)11-7-12(19-4)14(21-6)13(8-11)20-5/h7-10H,16H2,1-6H3. The molecule has 0 aliphatic rings. The van der Waals surface area contributed by atoms with Gasteiger partial charge in [-0.15, -0.1) is 0 Å². The molecule has 0 aromatic heterocycles. The smallest absolute Gasteiger partial charge is 0.231 e. The van der Waals surface area contributed by atoms with E-state index in [4.69, 9.17) is 19.9 Å². The summed E-state index contributed by atoms with van der Waals surface area (Å²) in [5.74, 6) is 1.14. The van der Waals surface area contributed by atoms with E-state index in [2.05, 4.69) is 0 Å². The third kappa shape index (κ3) is 3.58. The fourth-order valence-corrected chi connectivity index (χ4v) is 1.92. The van der Waals surface area contributed by atoms with Crippen molar-refractivity contribution in [2.75, 3.05) is 33.3 Å². The first-order valence-electron chi connectivity index (χ1n) is 6.70. The summed E-state index contributed by atoms with van der Waals surface area (Å²) in [7, 11) is 6.30. The minimum atomic E-state index is -0.283. The molecule has 0 aliphatic carbocycles. The highest BCUT2D eigenvalue weighted by atomic mass is 16.5. The number of nitrogens with zero attached hydrogens (tertiary/aromatic N) is 1. The van der Waals surface area contributed by atoms with E-state index in [0.717, 1.165) is 0 Å². The molecule has 6 heteroatoms. The fourth-order valence-electron chi connectivity index (χ4n) is 1.92. The minimum absolute atomic E-state index is 0.0701. The van der Waals surface area contributed by atoms with Gasteiger partial charge in [0, 0.05) is 25.2 Å².